The van der Waals surface area contributed by atoms with Crippen molar-refractivity contribution in [2.75, 3.05) is 6.54 Å². The van der Waals surface area contributed by atoms with Crippen molar-refractivity contribution >= 4 is 37.0 Å². The number of hydrogen-bond donors (Lipinski definition) is 1. The number of nitrogens with zero attached hydrogens (tertiary/aromatic N) is 2. The molecule has 0 fully saturated rings. The number of hydrogen-bond acceptors (Lipinski definition) is 3. The molecule has 1 N–H and O–H groups in total. The SMILES string of the molecule is Cc1ccc(-c2nc3ccccc3n2CCNS(=O)(=O)c2ccc(Br)cc2)cc1. The predicted octanol–water partition coefficient (Wildman–Crippen LogP) is 4.75. The Bertz CT molecular complexity index is 1250. The van der Waals surface area contributed by atoms with Crippen LogP contribution in [-0.2, 0) is 16.6 Å². The van der Waals surface area contributed by atoms with Crippen LogP contribution >= 0.6 is 15.9 Å². The maximum absolute atomic E-state index is 12.6. The van der Waals surface area contributed by atoms with E-state index in [1.807, 2.05) is 43.3 Å². The van der Waals surface area contributed by atoms with E-state index in [1.165, 1.54) is 5.56 Å². The maximum atomic E-state index is 12.6. The Morgan fingerprint density at radius 1 is 0.966 bits per heavy atom. The zero-order valence-electron chi connectivity index (χ0n) is 15.8. The van der Waals surface area contributed by atoms with Crippen molar-refractivity contribution < 1.29 is 8.42 Å². The molecule has 5 nitrogen and oxygen atoms in total. The van der Waals surface area contributed by atoms with Crippen LogP contribution in [0.1, 0.15) is 5.56 Å². The number of benzene rings is 3. The van der Waals surface area contributed by atoms with Crippen LogP contribution in [0.25, 0.3) is 22.4 Å². The maximum Gasteiger partial charge on any atom is 0.240 e. The molecular weight excluding hydrogens is 450 g/mol. The van der Waals surface area contributed by atoms with Gasteiger partial charge in [0.25, 0.3) is 0 Å². The summed E-state index contributed by atoms with van der Waals surface area (Å²) in [5, 5.41) is 0. The highest BCUT2D eigenvalue weighted by Crippen LogP contribution is 2.25. The minimum absolute atomic E-state index is 0.245. The Morgan fingerprint density at radius 2 is 1.66 bits per heavy atom. The van der Waals surface area contributed by atoms with E-state index < -0.39 is 10.0 Å². The van der Waals surface area contributed by atoms with Crippen LogP contribution in [0.4, 0.5) is 0 Å². The summed E-state index contributed by atoms with van der Waals surface area (Å²) in [6, 6.07) is 22.7. The lowest BCUT2D eigenvalue weighted by atomic mass is 10.1. The summed E-state index contributed by atoms with van der Waals surface area (Å²) in [5.41, 5.74) is 4.05. The van der Waals surface area contributed by atoms with E-state index in [4.69, 9.17) is 4.98 Å². The molecule has 0 bridgehead atoms. The summed E-state index contributed by atoms with van der Waals surface area (Å²) in [5.74, 6) is 0.828. The van der Waals surface area contributed by atoms with E-state index in [0.717, 1.165) is 26.9 Å². The van der Waals surface area contributed by atoms with Crippen LogP contribution in [0.15, 0.2) is 82.2 Å². The summed E-state index contributed by atoms with van der Waals surface area (Å²) >= 11 is 3.32. The van der Waals surface area contributed by atoms with Gasteiger partial charge in [0.2, 0.25) is 10.0 Å². The summed E-state index contributed by atoms with van der Waals surface area (Å²) in [6.45, 7) is 2.78. The number of halogens is 1. The molecule has 4 aromatic rings. The number of imidazole rings is 1. The Balaban J connectivity index is 1.61. The van der Waals surface area contributed by atoms with Crippen molar-refractivity contribution in [1.29, 1.82) is 0 Å². The van der Waals surface area contributed by atoms with Gasteiger partial charge in [0.1, 0.15) is 5.82 Å². The van der Waals surface area contributed by atoms with Gasteiger partial charge in [0.05, 0.1) is 15.9 Å². The van der Waals surface area contributed by atoms with E-state index >= 15 is 0 Å². The molecule has 0 unspecified atom stereocenters. The van der Waals surface area contributed by atoms with Gasteiger partial charge in [-0.2, -0.15) is 0 Å². The summed E-state index contributed by atoms with van der Waals surface area (Å²) < 4.78 is 30.7. The van der Waals surface area contributed by atoms with E-state index in [2.05, 4.69) is 37.4 Å². The molecule has 0 atom stereocenters. The van der Waals surface area contributed by atoms with E-state index in [0.29, 0.717) is 6.54 Å². The summed E-state index contributed by atoms with van der Waals surface area (Å²) in [4.78, 5) is 5.02. The molecule has 29 heavy (non-hydrogen) atoms. The zero-order chi connectivity index (χ0) is 20.4. The summed E-state index contributed by atoms with van der Waals surface area (Å²) in [6.07, 6.45) is 0. The summed E-state index contributed by atoms with van der Waals surface area (Å²) in [7, 11) is -3.57. The van der Waals surface area contributed by atoms with Crippen molar-refractivity contribution in [2.45, 2.75) is 18.4 Å². The van der Waals surface area contributed by atoms with Gasteiger partial charge in [-0.05, 0) is 43.3 Å². The fourth-order valence-electron chi connectivity index (χ4n) is 3.21. The Kier molecular flexibility index (Phi) is 5.54. The Morgan fingerprint density at radius 3 is 2.38 bits per heavy atom. The largest absolute Gasteiger partial charge is 0.323 e. The smallest absolute Gasteiger partial charge is 0.240 e. The van der Waals surface area contributed by atoms with Crippen LogP contribution < -0.4 is 4.72 Å². The lowest BCUT2D eigenvalue weighted by molar-refractivity contribution is 0.574. The van der Waals surface area contributed by atoms with Gasteiger partial charge in [0.15, 0.2) is 0 Å². The van der Waals surface area contributed by atoms with Gasteiger partial charge in [-0.1, -0.05) is 57.9 Å². The van der Waals surface area contributed by atoms with Gasteiger partial charge < -0.3 is 4.57 Å². The van der Waals surface area contributed by atoms with Gasteiger partial charge in [-0.3, -0.25) is 0 Å². The second-order valence-electron chi connectivity index (χ2n) is 6.79. The first kappa shape index (κ1) is 19.8. The highest BCUT2D eigenvalue weighted by Gasteiger charge is 2.16. The van der Waals surface area contributed by atoms with Crippen molar-refractivity contribution in [2.24, 2.45) is 0 Å². The number of fused-ring (bicyclic) bond motifs is 1. The molecule has 0 amide bonds. The quantitative estimate of drug-likeness (QED) is 0.442. The number of sulfonamides is 1. The Hall–Kier alpha value is -2.48. The van der Waals surface area contributed by atoms with Crippen molar-refractivity contribution in [3.05, 3.63) is 82.8 Å². The minimum Gasteiger partial charge on any atom is -0.323 e. The highest BCUT2D eigenvalue weighted by atomic mass is 79.9. The molecule has 0 radical (unpaired) electrons. The lowest BCUT2D eigenvalue weighted by Gasteiger charge is -2.11. The average Bonchev–Trinajstić information content (AvgIpc) is 3.07. The van der Waals surface area contributed by atoms with Gasteiger partial charge in [-0.15, -0.1) is 0 Å². The second-order valence-corrected chi connectivity index (χ2v) is 9.48. The predicted molar refractivity (Wildman–Crippen MR) is 119 cm³/mol. The van der Waals surface area contributed by atoms with Crippen molar-refractivity contribution in [3.8, 4) is 11.4 Å². The van der Waals surface area contributed by atoms with Gasteiger partial charge in [0, 0.05) is 23.1 Å². The molecule has 3 aromatic carbocycles. The topological polar surface area (TPSA) is 64.0 Å². The van der Waals surface area contributed by atoms with Crippen LogP contribution in [-0.4, -0.2) is 24.5 Å². The van der Waals surface area contributed by atoms with Crippen LogP contribution in [0.5, 0.6) is 0 Å². The third kappa shape index (κ3) is 4.27. The first-order chi connectivity index (χ1) is 13.9. The van der Waals surface area contributed by atoms with Gasteiger partial charge >= 0.3 is 0 Å². The first-order valence-electron chi connectivity index (χ1n) is 9.21. The molecule has 148 valence electrons. The molecule has 1 heterocycles. The number of aryl methyl sites for hydroxylation is 1. The number of rotatable bonds is 6. The molecule has 1 aromatic heterocycles. The number of para-hydroxylation sites is 2. The molecule has 0 aliphatic heterocycles. The lowest BCUT2D eigenvalue weighted by Crippen LogP contribution is -2.27. The van der Waals surface area contributed by atoms with Crippen molar-refractivity contribution in [1.82, 2.24) is 14.3 Å². The minimum atomic E-state index is -3.57. The molecule has 7 heteroatoms. The molecule has 0 spiro atoms. The fraction of sp³-hybridized carbons (Fsp3) is 0.136. The number of nitrogens with one attached hydrogen (secondary N) is 1. The van der Waals surface area contributed by atoms with Crippen LogP contribution in [0, 0.1) is 6.92 Å². The van der Waals surface area contributed by atoms with Crippen LogP contribution in [0.3, 0.4) is 0 Å². The average molecular weight is 470 g/mol. The molecule has 0 aliphatic rings. The van der Waals surface area contributed by atoms with E-state index in [-0.39, 0.29) is 11.4 Å². The standard InChI is InChI=1S/C22H20BrN3O2S/c1-16-6-8-17(9-7-16)22-25-20-4-2-3-5-21(20)26(22)15-14-24-29(27,28)19-12-10-18(23)11-13-19/h2-13,24H,14-15H2,1H3. The third-order valence-electron chi connectivity index (χ3n) is 4.72. The number of aromatic nitrogens is 2. The molecule has 0 saturated carbocycles. The first-order valence-corrected chi connectivity index (χ1v) is 11.5. The molecular formula is C22H20BrN3O2S. The fourth-order valence-corrected chi connectivity index (χ4v) is 4.50. The monoisotopic (exact) mass is 469 g/mol. The highest BCUT2D eigenvalue weighted by molar-refractivity contribution is 9.10. The van der Waals surface area contributed by atoms with E-state index in [9.17, 15) is 8.42 Å². The second kappa shape index (κ2) is 8.10. The molecule has 4 rings (SSSR count). The van der Waals surface area contributed by atoms with Crippen LogP contribution in [0.2, 0.25) is 0 Å². The molecule has 0 aliphatic carbocycles. The van der Waals surface area contributed by atoms with Crippen molar-refractivity contribution in [3.63, 3.8) is 0 Å². The normalized spacial score (nSPS) is 11.8. The third-order valence-corrected chi connectivity index (χ3v) is 6.72. The molecule has 0 saturated heterocycles. The van der Waals surface area contributed by atoms with E-state index in [1.54, 1.807) is 24.3 Å². The van der Waals surface area contributed by atoms with Gasteiger partial charge in [-0.25, -0.2) is 18.1 Å². The Labute approximate surface area is 178 Å². The zero-order valence-corrected chi connectivity index (χ0v) is 18.2.